The van der Waals surface area contributed by atoms with Gasteiger partial charge in [0.25, 0.3) is 0 Å². The van der Waals surface area contributed by atoms with Crippen LogP contribution in [-0.2, 0) is 0 Å². The summed E-state index contributed by atoms with van der Waals surface area (Å²) in [5.41, 5.74) is 24.1. The Kier molecular flexibility index (Phi) is 14.0. The first-order chi connectivity index (χ1) is 49.5. The van der Waals surface area contributed by atoms with E-state index < -0.39 is 0 Å². The highest BCUT2D eigenvalue weighted by molar-refractivity contribution is 6.08. The molecule has 20 rings (SSSR count). The SMILES string of the molecule is c1cnc2c(c1)ccc1ccc(-c3ccc(-c4ccc5cc(-c6ccc7ccc(-c8ccncc8)nc7c6)ccc5n4)c4ccccc34)nc12.c1cnc2c(c1)ccc1ccc(-c3ccc4cc(-c5ccc6cc(-c7ccc8ccc(-c9ccncc9)nc8c7)ccc6n5)ccc4c3)nc12. The van der Waals surface area contributed by atoms with Crippen LogP contribution in [0, 0.1) is 0 Å². The van der Waals surface area contributed by atoms with Crippen molar-refractivity contribution in [3.8, 4) is 89.8 Å². The summed E-state index contributed by atoms with van der Waals surface area (Å²) >= 11 is 0. The van der Waals surface area contributed by atoms with Crippen molar-refractivity contribution in [2.45, 2.75) is 0 Å². The lowest BCUT2D eigenvalue weighted by Crippen LogP contribution is -1.92. The number of nitrogens with zero attached hydrogens (tertiary/aromatic N) is 10. The number of rotatable bonds is 8. The third-order valence-electron chi connectivity index (χ3n) is 19.2. The highest BCUT2D eigenvalue weighted by atomic mass is 14.8. The molecule has 0 unspecified atom stereocenters. The predicted molar refractivity (Wildman–Crippen MR) is 409 cm³/mol. The lowest BCUT2D eigenvalue weighted by molar-refractivity contribution is 1.31. The van der Waals surface area contributed by atoms with E-state index in [1.54, 1.807) is 24.8 Å². The second-order valence-corrected chi connectivity index (χ2v) is 25.2. The van der Waals surface area contributed by atoms with Crippen LogP contribution in [0.3, 0.4) is 0 Å². The molecule has 0 N–H and O–H groups in total. The molecule has 0 amide bonds. The van der Waals surface area contributed by atoms with Crippen LogP contribution in [0.1, 0.15) is 0 Å². The zero-order valence-electron chi connectivity index (χ0n) is 53.6. The lowest BCUT2D eigenvalue weighted by Gasteiger charge is -2.13. The highest BCUT2D eigenvalue weighted by Crippen LogP contribution is 2.39. The van der Waals surface area contributed by atoms with E-state index in [0.29, 0.717) is 0 Å². The molecule has 0 aliphatic carbocycles. The Morgan fingerprint density at radius 2 is 0.500 bits per heavy atom. The summed E-state index contributed by atoms with van der Waals surface area (Å²) in [6.45, 7) is 0. The van der Waals surface area contributed by atoms with Gasteiger partial charge in [-0.25, -0.2) is 29.9 Å². The van der Waals surface area contributed by atoms with Crippen LogP contribution in [0.5, 0.6) is 0 Å². The minimum atomic E-state index is 0.916. The fourth-order valence-electron chi connectivity index (χ4n) is 13.9. The number of benzene rings is 10. The fraction of sp³-hybridized carbons (Fsp3) is 0. The van der Waals surface area contributed by atoms with E-state index in [-0.39, 0.29) is 0 Å². The van der Waals surface area contributed by atoms with Gasteiger partial charge in [0.2, 0.25) is 0 Å². The van der Waals surface area contributed by atoms with Crippen molar-refractivity contribution in [1.29, 1.82) is 0 Å². The Bertz CT molecular complexity index is 6680. The van der Waals surface area contributed by atoms with Crippen LogP contribution in [0.2, 0.25) is 0 Å². The number of hydrogen-bond donors (Lipinski definition) is 0. The van der Waals surface area contributed by atoms with Crippen LogP contribution in [0.25, 0.3) is 199 Å². The Morgan fingerprint density at radius 3 is 1.00 bits per heavy atom. The predicted octanol–water partition coefficient (Wildman–Crippen LogP) is 22.2. The molecule has 0 fully saturated rings. The molecular formula is C90H54N10. The Morgan fingerprint density at radius 1 is 0.170 bits per heavy atom. The molecule has 10 heteroatoms. The summed E-state index contributed by atoms with van der Waals surface area (Å²) in [5.74, 6) is 0. The van der Waals surface area contributed by atoms with Crippen LogP contribution >= 0.6 is 0 Å². The normalized spacial score (nSPS) is 11.6. The van der Waals surface area contributed by atoms with Gasteiger partial charge in [-0.05, 0) is 165 Å². The zero-order chi connectivity index (χ0) is 66.0. The standard InChI is InChI=1S/2C45H27N5/c1-2-30-4-5-31-12-16-42(50-45(31)44(30)47-21-1)37-10-8-32-24-36(9-7-33(32)25-37)41-18-14-38-26-34(13-17-40(38)48-41)35-6-3-28-11-15-39(49-43(28)27-35)29-19-22-46-23-20-29;1-2-6-36-35(5-1)37(15-16-38(36)42-19-12-31-9-8-30-4-3-23-47-44(30)45(31)50-42)41-20-14-34-26-32(13-18-40(34)48-41)33-10-7-28-11-17-39(49-43(28)27-33)29-21-24-46-25-22-29/h2*1-27H. The molecule has 20 aromatic rings. The van der Waals surface area contributed by atoms with E-state index in [2.05, 4.69) is 275 Å². The summed E-state index contributed by atoms with van der Waals surface area (Å²) in [5, 5.41) is 13.4. The van der Waals surface area contributed by atoms with Gasteiger partial charge in [-0.2, -0.15) is 0 Å². The zero-order valence-corrected chi connectivity index (χ0v) is 53.6. The molecule has 464 valence electrons. The Balaban J connectivity index is 0.000000139. The first kappa shape index (κ1) is 57.7. The van der Waals surface area contributed by atoms with Crippen molar-refractivity contribution in [2.75, 3.05) is 0 Å². The van der Waals surface area contributed by atoms with Gasteiger partial charge in [-0.3, -0.25) is 19.9 Å². The second-order valence-electron chi connectivity index (χ2n) is 25.2. The number of pyridine rings is 10. The average molecular weight is 1280 g/mol. The van der Waals surface area contributed by atoms with Crippen molar-refractivity contribution in [3.05, 3.63) is 328 Å². The van der Waals surface area contributed by atoms with Crippen molar-refractivity contribution >= 4 is 109 Å². The minimum Gasteiger partial charge on any atom is -0.265 e. The van der Waals surface area contributed by atoms with Gasteiger partial charge in [0.15, 0.2) is 0 Å². The first-order valence-corrected chi connectivity index (χ1v) is 33.3. The quantitative estimate of drug-likeness (QED) is 0.136. The molecule has 10 nitrogen and oxygen atoms in total. The Hall–Kier alpha value is -13.7. The number of hydrogen-bond acceptors (Lipinski definition) is 10. The molecule has 0 radical (unpaired) electrons. The van der Waals surface area contributed by atoms with E-state index in [1.807, 2.05) is 48.8 Å². The summed E-state index contributed by atoms with van der Waals surface area (Å²) < 4.78 is 0. The van der Waals surface area contributed by atoms with Crippen LogP contribution in [0.15, 0.2) is 328 Å². The van der Waals surface area contributed by atoms with Crippen molar-refractivity contribution < 1.29 is 0 Å². The fourth-order valence-corrected chi connectivity index (χ4v) is 13.9. The van der Waals surface area contributed by atoms with Crippen molar-refractivity contribution in [1.82, 2.24) is 49.8 Å². The summed E-state index contributed by atoms with van der Waals surface area (Å²) in [6.07, 6.45) is 10.9. The smallest absolute Gasteiger partial charge is 0.0972 e. The van der Waals surface area contributed by atoms with Gasteiger partial charge in [0, 0.05) is 114 Å². The average Bonchev–Trinajstić information content (AvgIpc) is 0.768. The molecule has 10 aromatic heterocycles. The third-order valence-corrected chi connectivity index (χ3v) is 19.2. The molecule has 100 heavy (non-hydrogen) atoms. The molecular weight excluding hydrogens is 1220 g/mol. The van der Waals surface area contributed by atoms with Crippen LogP contribution < -0.4 is 0 Å². The maximum Gasteiger partial charge on any atom is 0.0972 e. The van der Waals surface area contributed by atoms with Gasteiger partial charge in [0.1, 0.15) is 0 Å². The third kappa shape index (κ3) is 10.7. The number of aromatic nitrogens is 10. The van der Waals surface area contributed by atoms with Gasteiger partial charge in [-0.1, -0.05) is 170 Å². The van der Waals surface area contributed by atoms with Crippen LogP contribution in [-0.4, -0.2) is 49.8 Å². The maximum absolute atomic E-state index is 5.16. The highest BCUT2D eigenvalue weighted by Gasteiger charge is 2.16. The maximum atomic E-state index is 5.16. The van der Waals surface area contributed by atoms with E-state index in [9.17, 15) is 0 Å². The molecule has 0 bridgehead atoms. The molecule has 0 atom stereocenters. The Labute approximate surface area is 573 Å². The topological polar surface area (TPSA) is 129 Å². The van der Waals surface area contributed by atoms with Crippen LogP contribution in [0.4, 0.5) is 0 Å². The number of fused-ring (bicyclic) bond motifs is 12. The minimum absolute atomic E-state index is 0.916. The monoisotopic (exact) mass is 1270 g/mol. The first-order valence-electron chi connectivity index (χ1n) is 33.3. The molecule has 0 aliphatic rings. The molecule has 0 saturated heterocycles. The van der Waals surface area contributed by atoms with Gasteiger partial charge in [-0.15, -0.1) is 0 Å². The van der Waals surface area contributed by atoms with E-state index in [1.165, 1.54) is 0 Å². The van der Waals surface area contributed by atoms with Gasteiger partial charge >= 0.3 is 0 Å². The molecule has 10 heterocycles. The molecule has 0 saturated carbocycles. The van der Waals surface area contributed by atoms with Gasteiger partial charge in [0.05, 0.1) is 78.3 Å². The largest absolute Gasteiger partial charge is 0.265 e. The summed E-state index contributed by atoms with van der Waals surface area (Å²) in [7, 11) is 0. The molecule has 0 aliphatic heterocycles. The van der Waals surface area contributed by atoms with Crippen molar-refractivity contribution in [2.24, 2.45) is 0 Å². The molecule has 0 spiro atoms. The van der Waals surface area contributed by atoms with Crippen molar-refractivity contribution in [3.63, 3.8) is 0 Å². The van der Waals surface area contributed by atoms with Gasteiger partial charge < -0.3 is 0 Å². The summed E-state index contributed by atoms with van der Waals surface area (Å²) in [6, 6.07) is 102. The summed E-state index contributed by atoms with van der Waals surface area (Å²) in [4.78, 5) is 47.9. The molecule has 10 aromatic carbocycles. The van der Waals surface area contributed by atoms with E-state index >= 15 is 0 Å². The second kappa shape index (κ2) is 24.2. The lowest BCUT2D eigenvalue weighted by atomic mass is 9.95. The van der Waals surface area contributed by atoms with E-state index in [4.69, 9.17) is 29.9 Å². The van der Waals surface area contributed by atoms with E-state index in [0.717, 1.165) is 199 Å².